The van der Waals surface area contributed by atoms with Crippen molar-refractivity contribution >= 4 is 11.6 Å². The first kappa shape index (κ1) is 11.1. The number of amides is 1. The van der Waals surface area contributed by atoms with E-state index in [2.05, 4.69) is 16.3 Å². The highest BCUT2D eigenvalue weighted by atomic mass is 16.2. The minimum atomic E-state index is -0.643. The Morgan fingerprint density at radius 2 is 2.47 bits per heavy atom. The monoisotopic (exact) mass is 206 g/mol. The summed E-state index contributed by atoms with van der Waals surface area (Å²) in [6.45, 7) is 3.62. The van der Waals surface area contributed by atoms with Crippen LogP contribution in [0.5, 0.6) is 0 Å². The Bertz CT molecular complexity index is 400. The van der Waals surface area contributed by atoms with Gasteiger partial charge in [0.1, 0.15) is 6.54 Å². The molecule has 0 spiro atoms. The van der Waals surface area contributed by atoms with E-state index in [0.29, 0.717) is 5.69 Å². The van der Waals surface area contributed by atoms with Crippen LogP contribution in [0.4, 0.5) is 5.69 Å². The number of hydrogen-bond acceptors (Lipinski definition) is 3. The third-order valence-electron chi connectivity index (χ3n) is 1.77. The zero-order chi connectivity index (χ0) is 11.5. The van der Waals surface area contributed by atoms with Gasteiger partial charge in [0.25, 0.3) is 0 Å². The Labute approximate surface area is 88.6 Å². The standard InChI is InChI=1S/C10H14N4O/c1-4-10(2,3)13-9(15)7-14-6-8(11)5-12-14/h1,5-6H,7,11H2,2-3H3,(H,13,15). The summed E-state index contributed by atoms with van der Waals surface area (Å²) >= 11 is 0. The van der Waals surface area contributed by atoms with E-state index in [1.807, 2.05) is 0 Å². The molecule has 1 aromatic heterocycles. The van der Waals surface area contributed by atoms with E-state index < -0.39 is 5.54 Å². The van der Waals surface area contributed by atoms with Gasteiger partial charge in [0.2, 0.25) is 5.91 Å². The molecule has 0 fully saturated rings. The fraction of sp³-hybridized carbons (Fsp3) is 0.400. The summed E-state index contributed by atoms with van der Waals surface area (Å²) in [5.74, 6) is 2.28. The number of carbonyl (C=O) groups is 1. The average molecular weight is 206 g/mol. The molecule has 0 aliphatic rings. The van der Waals surface area contributed by atoms with Crippen LogP contribution in [0.15, 0.2) is 12.4 Å². The van der Waals surface area contributed by atoms with Crippen molar-refractivity contribution in [2.45, 2.75) is 25.9 Å². The van der Waals surface area contributed by atoms with Crippen molar-refractivity contribution in [1.29, 1.82) is 0 Å². The molecule has 3 N–H and O–H groups in total. The highest BCUT2D eigenvalue weighted by Gasteiger charge is 2.16. The topological polar surface area (TPSA) is 72.9 Å². The van der Waals surface area contributed by atoms with Gasteiger partial charge in [-0.25, -0.2) is 0 Å². The van der Waals surface area contributed by atoms with Gasteiger partial charge in [0.05, 0.1) is 17.4 Å². The van der Waals surface area contributed by atoms with Gasteiger partial charge in [-0.15, -0.1) is 6.42 Å². The lowest BCUT2D eigenvalue weighted by molar-refractivity contribution is -0.122. The Morgan fingerprint density at radius 1 is 1.80 bits per heavy atom. The summed E-state index contributed by atoms with van der Waals surface area (Å²) in [6, 6.07) is 0. The first-order valence-corrected chi connectivity index (χ1v) is 4.50. The fourth-order valence-electron chi connectivity index (χ4n) is 1.04. The van der Waals surface area contributed by atoms with Crippen LogP contribution in [0.2, 0.25) is 0 Å². The number of nitrogens with zero attached hydrogens (tertiary/aromatic N) is 2. The van der Waals surface area contributed by atoms with Crippen LogP contribution < -0.4 is 11.1 Å². The van der Waals surface area contributed by atoms with Crippen LogP contribution in [0, 0.1) is 12.3 Å². The first-order valence-electron chi connectivity index (χ1n) is 4.50. The van der Waals surface area contributed by atoms with Gasteiger partial charge in [-0.05, 0) is 13.8 Å². The molecule has 5 heteroatoms. The quantitative estimate of drug-likeness (QED) is 0.683. The number of nitrogen functional groups attached to an aromatic ring is 1. The van der Waals surface area contributed by atoms with Crippen LogP contribution in [-0.2, 0) is 11.3 Å². The maximum absolute atomic E-state index is 11.5. The van der Waals surface area contributed by atoms with Gasteiger partial charge in [-0.3, -0.25) is 9.48 Å². The van der Waals surface area contributed by atoms with Crippen molar-refractivity contribution in [3.8, 4) is 12.3 Å². The van der Waals surface area contributed by atoms with Crippen LogP contribution in [0.25, 0.3) is 0 Å². The molecular formula is C10H14N4O. The summed E-state index contributed by atoms with van der Waals surface area (Å²) in [7, 11) is 0. The second-order valence-electron chi connectivity index (χ2n) is 3.79. The second kappa shape index (κ2) is 4.05. The predicted octanol–water partition coefficient (Wildman–Crippen LogP) is -0.00670. The van der Waals surface area contributed by atoms with E-state index in [4.69, 9.17) is 12.2 Å². The number of terminal acetylenes is 1. The number of aromatic nitrogens is 2. The number of hydrogen-bond donors (Lipinski definition) is 2. The predicted molar refractivity (Wildman–Crippen MR) is 57.7 cm³/mol. The van der Waals surface area contributed by atoms with Crippen molar-refractivity contribution in [3.63, 3.8) is 0 Å². The molecule has 0 aromatic carbocycles. The zero-order valence-corrected chi connectivity index (χ0v) is 8.82. The SMILES string of the molecule is C#CC(C)(C)NC(=O)Cn1cc(N)cn1. The molecule has 5 nitrogen and oxygen atoms in total. The lowest BCUT2D eigenvalue weighted by Crippen LogP contribution is -2.43. The number of anilines is 1. The van der Waals surface area contributed by atoms with E-state index in [1.54, 1.807) is 20.0 Å². The second-order valence-corrected chi connectivity index (χ2v) is 3.79. The van der Waals surface area contributed by atoms with Gasteiger partial charge in [-0.1, -0.05) is 5.92 Å². The Balaban J connectivity index is 2.55. The molecule has 0 aliphatic heterocycles. The Kier molecular flexibility index (Phi) is 3.00. The average Bonchev–Trinajstić information content (AvgIpc) is 2.50. The van der Waals surface area contributed by atoms with Crippen molar-refractivity contribution in [3.05, 3.63) is 12.4 Å². The van der Waals surface area contributed by atoms with Crippen LogP contribution in [-0.4, -0.2) is 21.2 Å². The van der Waals surface area contributed by atoms with Gasteiger partial charge in [-0.2, -0.15) is 5.10 Å². The fourth-order valence-corrected chi connectivity index (χ4v) is 1.04. The van der Waals surface area contributed by atoms with Crippen LogP contribution in [0.1, 0.15) is 13.8 Å². The lowest BCUT2D eigenvalue weighted by Gasteiger charge is -2.19. The molecule has 1 aromatic rings. The maximum atomic E-state index is 11.5. The van der Waals surface area contributed by atoms with Crippen molar-refractivity contribution in [2.24, 2.45) is 0 Å². The molecule has 0 saturated heterocycles. The largest absolute Gasteiger partial charge is 0.396 e. The minimum absolute atomic E-state index is 0.113. The Morgan fingerprint density at radius 3 is 2.93 bits per heavy atom. The highest BCUT2D eigenvalue weighted by Crippen LogP contribution is 2.00. The third-order valence-corrected chi connectivity index (χ3v) is 1.77. The van der Waals surface area contributed by atoms with Crippen LogP contribution >= 0.6 is 0 Å². The van der Waals surface area contributed by atoms with Crippen LogP contribution in [0.3, 0.4) is 0 Å². The summed E-state index contributed by atoms with van der Waals surface area (Å²) in [5, 5.41) is 6.58. The number of nitrogens with one attached hydrogen (secondary N) is 1. The smallest absolute Gasteiger partial charge is 0.242 e. The molecule has 0 radical (unpaired) electrons. The molecule has 1 heterocycles. The molecule has 0 saturated carbocycles. The zero-order valence-electron chi connectivity index (χ0n) is 8.82. The van der Waals surface area contributed by atoms with Crippen molar-refractivity contribution in [2.75, 3.05) is 5.73 Å². The molecule has 15 heavy (non-hydrogen) atoms. The van der Waals surface area contributed by atoms with E-state index in [1.165, 1.54) is 10.9 Å². The lowest BCUT2D eigenvalue weighted by atomic mass is 10.1. The summed E-state index contributed by atoms with van der Waals surface area (Å²) in [4.78, 5) is 11.5. The molecule has 1 rings (SSSR count). The minimum Gasteiger partial charge on any atom is -0.396 e. The summed E-state index contributed by atoms with van der Waals surface area (Å²) in [5.41, 5.74) is 5.34. The summed E-state index contributed by atoms with van der Waals surface area (Å²) in [6.07, 6.45) is 8.32. The maximum Gasteiger partial charge on any atom is 0.242 e. The van der Waals surface area contributed by atoms with Gasteiger partial charge < -0.3 is 11.1 Å². The van der Waals surface area contributed by atoms with E-state index in [-0.39, 0.29) is 12.5 Å². The molecule has 0 atom stereocenters. The van der Waals surface area contributed by atoms with E-state index in [0.717, 1.165) is 0 Å². The molecule has 0 bridgehead atoms. The molecular weight excluding hydrogens is 192 g/mol. The third kappa shape index (κ3) is 3.35. The molecule has 0 unspecified atom stereocenters. The molecule has 80 valence electrons. The number of rotatable bonds is 3. The molecule has 1 amide bonds. The normalized spacial score (nSPS) is 10.7. The number of nitrogens with two attached hydrogens (primary N) is 1. The Hall–Kier alpha value is -1.96. The highest BCUT2D eigenvalue weighted by molar-refractivity contribution is 5.77. The van der Waals surface area contributed by atoms with E-state index >= 15 is 0 Å². The van der Waals surface area contributed by atoms with E-state index in [9.17, 15) is 4.79 Å². The first-order chi connectivity index (χ1) is 6.93. The van der Waals surface area contributed by atoms with Crippen molar-refractivity contribution in [1.82, 2.24) is 15.1 Å². The molecule has 0 aliphatic carbocycles. The van der Waals surface area contributed by atoms with Crippen molar-refractivity contribution < 1.29 is 4.79 Å². The van der Waals surface area contributed by atoms with Gasteiger partial charge >= 0.3 is 0 Å². The number of carbonyl (C=O) groups excluding carboxylic acids is 1. The summed E-state index contributed by atoms with van der Waals surface area (Å²) < 4.78 is 1.46. The van der Waals surface area contributed by atoms with Gasteiger partial charge in [0, 0.05) is 6.20 Å². The van der Waals surface area contributed by atoms with Gasteiger partial charge in [0.15, 0.2) is 0 Å².